The van der Waals surface area contributed by atoms with E-state index in [0.717, 1.165) is 44.7 Å². The topological polar surface area (TPSA) is 98.0 Å². The second-order valence-electron chi connectivity index (χ2n) is 8.65. The smallest absolute Gasteiger partial charge is 0.276 e. The second-order valence-corrected chi connectivity index (χ2v) is 8.65. The maximum Gasteiger partial charge on any atom is 0.276 e. The van der Waals surface area contributed by atoms with Crippen molar-refractivity contribution in [1.82, 2.24) is 15.6 Å². The molecule has 1 rings (SSSR count). The van der Waals surface area contributed by atoms with Gasteiger partial charge in [-0.15, -0.1) is 0 Å². The molecule has 0 saturated heterocycles. The van der Waals surface area contributed by atoms with Crippen LogP contribution in [0.25, 0.3) is 0 Å². The van der Waals surface area contributed by atoms with Gasteiger partial charge in [-0.05, 0) is 51.4 Å². The van der Waals surface area contributed by atoms with Crippen molar-refractivity contribution in [3.05, 3.63) is 102 Å². The predicted molar refractivity (Wildman–Crippen MR) is 155 cm³/mol. The Bertz CT molecular complexity index is 991. The quantitative estimate of drug-likeness (QED) is 0.105. The van der Waals surface area contributed by atoms with Crippen LogP contribution in [0, 0.1) is 12.1 Å². The minimum Gasteiger partial charge on any atom is -0.618 e. The third kappa shape index (κ3) is 17.7. The van der Waals surface area contributed by atoms with Crippen LogP contribution in [-0.2, 0) is 4.79 Å². The number of rotatable bonds is 19. The first-order valence-corrected chi connectivity index (χ1v) is 13.5. The maximum absolute atomic E-state index is 12.0. The minimum absolute atomic E-state index is 0.0107. The largest absolute Gasteiger partial charge is 0.618 e. The predicted octanol–water partition coefficient (Wildman–Crippen LogP) is 5.74. The minimum atomic E-state index is -0.404. The lowest BCUT2D eigenvalue weighted by molar-refractivity contribution is -0.613. The van der Waals surface area contributed by atoms with Crippen molar-refractivity contribution in [1.29, 1.82) is 0 Å². The van der Waals surface area contributed by atoms with E-state index in [2.05, 4.69) is 89.4 Å². The maximum atomic E-state index is 12.0. The number of allylic oxidation sites excluding steroid dienone is 12. The monoisotopic (exact) mass is 520 g/mol. The number of carbonyl (C=O) groups is 2. The van der Waals surface area contributed by atoms with Gasteiger partial charge in [-0.25, -0.2) is 4.98 Å². The van der Waals surface area contributed by atoms with Crippen LogP contribution in [0.5, 0.6) is 0 Å². The van der Waals surface area contributed by atoms with Crippen molar-refractivity contribution in [2.24, 2.45) is 0 Å². The van der Waals surface area contributed by atoms with Gasteiger partial charge in [-0.3, -0.25) is 9.59 Å². The number of hydrogen-bond donors (Lipinski definition) is 2. The Morgan fingerprint density at radius 2 is 1.32 bits per heavy atom. The van der Waals surface area contributed by atoms with Crippen molar-refractivity contribution in [2.75, 3.05) is 13.1 Å². The van der Waals surface area contributed by atoms with Gasteiger partial charge in [-0.2, -0.15) is 4.73 Å². The summed E-state index contributed by atoms with van der Waals surface area (Å²) in [5.74, 6) is -0.415. The second kappa shape index (κ2) is 22.5. The Morgan fingerprint density at radius 1 is 0.816 bits per heavy atom. The Hall–Kier alpha value is -3.74. The van der Waals surface area contributed by atoms with E-state index < -0.39 is 5.91 Å². The molecule has 0 aliphatic carbocycles. The van der Waals surface area contributed by atoms with Gasteiger partial charge in [0.05, 0.1) is 6.20 Å². The molecule has 0 unspecified atom stereocenters. The number of aryl methyl sites for hydroxylation is 1. The molecule has 0 radical (unpaired) electrons. The number of carbonyl (C=O) groups excluding carboxylic acids is 2. The molecule has 206 valence electrons. The fourth-order valence-corrected chi connectivity index (χ4v) is 3.13. The molecule has 2 N–H and O–H groups in total. The SMILES string of the molecule is CC/C=C\C/C=C\C/C=C\C/C=C\C/C=C\C/C=C\CCC(=O)NCCCNC(=O)c1c[n+]([O-])c(C)cn1. The van der Waals surface area contributed by atoms with Crippen LogP contribution < -0.4 is 15.4 Å². The molecule has 7 heteroatoms. The molecule has 7 nitrogen and oxygen atoms in total. The Morgan fingerprint density at radius 3 is 1.84 bits per heavy atom. The van der Waals surface area contributed by atoms with Gasteiger partial charge in [0.25, 0.3) is 5.91 Å². The summed E-state index contributed by atoms with van der Waals surface area (Å²) in [4.78, 5) is 27.8. The normalized spacial score (nSPS) is 12.3. The lowest BCUT2D eigenvalue weighted by Crippen LogP contribution is -2.35. The van der Waals surface area contributed by atoms with Gasteiger partial charge in [0.15, 0.2) is 5.69 Å². The van der Waals surface area contributed by atoms with Crippen LogP contribution in [0.3, 0.4) is 0 Å². The van der Waals surface area contributed by atoms with Crippen molar-refractivity contribution in [3.8, 4) is 0 Å². The van der Waals surface area contributed by atoms with Gasteiger partial charge in [0, 0.05) is 26.4 Å². The molecule has 0 saturated carbocycles. The zero-order valence-electron chi connectivity index (χ0n) is 23.0. The van der Waals surface area contributed by atoms with Gasteiger partial charge < -0.3 is 15.8 Å². The van der Waals surface area contributed by atoms with Crippen molar-refractivity contribution < 1.29 is 14.3 Å². The van der Waals surface area contributed by atoms with Crippen LogP contribution >= 0.6 is 0 Å². The molecule has 0 atom stereocenters. The van der Waals surface area contributed by atoms with E-state index in [0.29, 0.717) is 42.8 Å². The van der Waals surface area contributed by atoms with E-state index >= 15 is 0 Å². The van der Waals surface area contributed by atoms with Gasteiger partial charge in [-0.1, -0.05) is 79.8 Å². The summed E-state index contributed by atoms with van der Waals surface area (Å²) in [5, 5.41) is 17.0. The van der Waals surface area contributed by atoms with Crippen LogP contribution in [0.2, 0.25) is 0 Å². The average Bonchev–Trinajstić information content (AvgIpc) is 2.91. The van der Waals surface area contributed by atoms with Crippen LogP contribution in [-0.4, -0.2) is 29.9 Å². The standard InChI is InChI=1S/C31H44N4O3/c1-3-4-5-6-7-8-9-10-11-12-13-14-15-16-17-18-19-20-21-23-30(36)32-24-22-25-33-31(37)29-27-35(38)28(2)26-34-29/h4-5,7-8,10-11,13-14,16-17,19-20,26-27H,3,6,9,12,15,18,21-25H2,1-2H3,(H,32,36)(H,33,37)/b5-4-,8-7-,11-10-,14-13-,17-16-,20-19-. The summed E-state index contributed by atoms with van der Waals surface area (Å²) in [6, 6.07) is 0. The Kier molecular flexibility index (Phi) is 19.1. The molecule has 0 spiro atoms. The number of amides is 2. The molecule has 0 aliphatic heterocycles. The molecule has 38 heavy (non-hydrogen) atoms. The van der Waals surface area contributed by atoms with Crippen molar-refractivity contribution in [2.45, 2.75) is 71.6 Å². The molecule has 0 aliphatic rings. The molecular formula is C31H44N4O3. The lowest BCUT2D eigenvalue weighted by Gasteiger charge is -2.06. The highest BCUT2D eigenvalue weighted by molar-refractivity contribution is 5.91. The molecule has 1 aromatic heterocycles. The van der Waals surface area contributed by atoms with Crippen LogP contribution in [0.4, 0.5) is 0 Å². The third-order valence-corrected chi connectivity index (χ3v) is 5.31. The molecule has 1 aromatic rings. The fourth-order valence-electron chi connectivity index (χ4n) is 3.13. The van der Waals surface area contributed by atoms with Crippen molar-refractivity contribution in [3.63, 3.8) is 0 Å². The van der Waals surface area contributed by atoms with E-state index in [1.165, 1.54) is 6.20 Å². The first-order valence-electron chi connectivity index (χ1n) is 13.5. The van der Waals surface area contributed by atoms with E-state index in [1.54, 1.807) is 6.92 Å². The fraction of sp³-hybridized carbons (Fsp3) is 0.419. The summed E-state index contributed by atoms with van der Waals surface area (Å²) in [6.45, 7) is 4.63. The van der Waals surface area contributed by atoms with E-state index in [1.807, 2.05) is 6.08 Å². The highest BCUT2D eigenvalue weighted by atomic mass is 16.5. The first kappa shape index (κ1) is 32.3. The number of aromatic nitrogens is 2. The summed E-state index contributed by atoms with van der Waals surface area (Å²) in [6.07, 6.45) is 36.0. The zero-order valence-corrected chi connectivity index (χ0v) is 23.0. The average molecular weight is 521 g/mol. The molecule has 0 fully saturated rings. The lowest BCUT2D eigenvalue weighted by atomic mass is 10.2. The number of hydrogen-bond acceptors (Lipinski definition) is 4. The Balaban J connectivity index is 1.99. The first-order chi connectivity index (χ1) is 18.5. The van der Waals surface area contributed by atoms with Crippen LogP contribution in [0.15, 0.2) is 85.3 Å². The number of nitrogens with one attached hydrogen (secondary N) is 2. The highest BCUT2D eigenvalue weighted by Crippen LogP contribution is 1.98. The summed E-state index contributed by atoms with van der Waals surface area (Å²) < 4.78 is 0.611. The van der Waals surface area contributed by atoms with Gasteiger partial charge in [0.1, 0.15) is 0 Å². The number of nitrogens with zero attached hydrogens (tertiary/aromatic N) is 2. The molecule has 2 amide bonds. The van der Waals surface area contributed by atoms with E-state index in [4.69, 9.17) is 0 Å². The highest BCUT2D eigenvalue weighted by Gasteiger charge is 2.11. The molecule has 0 aromatic carbocycles. The Labute approximate surface area is 228 Å². The van der Waals surface area contributed by atoms with E-state index in [9.17, 15) is 14.8 Å². The molecule has 1 heterocycles. The summed E-state index contributed by atoms with van der Waals surface area (Å²) >= 11 is 0. The third-order valence-electron chi connectivity index (χ3n) is 5.31. The molecular weight excluding hydrogens is 476 g/mol. The van der Waals surface area contributed by atoms with E-state index in [-0.39, 0.29) is 11.6 Å². The summed E-state index contributed by atoms with van der Waals surface area (Å²) in [7, 11) is 0. The zero-order chi connectivity index (χ0) is 27.7. The summed E-state index contributed by atoms with van der Waals surface area (Å²) in [5.41, 5.74) is 0.499. The van der Waals surface area contributed by atoms with Crippen LogP contribution in [0.1, 0.15) is 80.9 Å². The van der Waals surface area contributed by atoms with Gasteiger partial charge >= 0.3 is 0 Å². The van der Waals surface area contributed by atoms with Gasteiger partial charge in [0.2, 0.25) is 17.8 Å². The van der Waals surface area contributed by atoms with Crippen molar-refractivity contribution >= 4 is 11.8 Å². The molecule has 0 bridgehead atoms.